The lowest BCUT2D eigenvalue weighted by Gasteiger charge is -2.21. The number of halogens is 4. The zero-order valence-corrected chi connectivity index (χ0v) is 26.2. The highest BCUT2D eigenvalue weighted by Gasteiger charge is 2.26. The summed E-state index contributed by atoms with van der Waals surface area (Å²) in [5.41, 5.74) is 0.831. The van der Waals surface area contributed by atoms with Gasteiger partial charge in [-0.1, -0.05) is 29.3 Å². The molecule has 0 bridgehead atoms. The number of ether oxygens (including phenoxy) is 3. The molecule has 0 aliphatic heterocycles. The minimum atomic E-state index is -4.21. The minimum absolute atomic E-state index is 0.0113. The summed E-state index contributed by atoms with van der Waals surface area (Å²) in [6.07, 6.45) is 4.33. The fourth-order valence-electron chi connectivity index (χ4n) is 3.92. The summed E-state index contributed by atoms with van der Waals surface area (Å²) >= 11 is 12.6. The van der Waals surface area contributed by atoms with Gasteiger partial charge < -0.3 is 14.2 Å². The van der Waals surface area contributed by atoms with Gasteiger partial charge in [0.05, 0.1) is 27.8 Å². The smallest absolute Gasteiger partial charge is 0.387 e. The highest BCUT2D eigenvalue weighted by atomic mass is 35.5. The second-order valence-corrected chi connectivity index (χ2v) is 14.2. The SMILES string of the molecule is CS(=O)(=O)Nc1ccc(S(=O)(=O)NCC(=O)O[C@@H](Cc2c(Cl)cncc2Cl)c2ccc(OC(F)F)c(OCC3CC3)c2)cc1. The first-order valence-corrected chi connectivity index (χ1v) is 17.1. The van der Waals surface area contributed by atoms with Crippen LogP contribution in [0.1, 0.15) is 30.1 Å². The van der Waals surface area contributed by atoms with Gasteiger partial charge in [-0.25, -0.2) is 16.8 Å². The third-order valence-corrected chi connectivity index (χ3v) is 8.89. The maximum atomic E-state index is 13.0. The van der Waals surface area contributed by atoms with Crippen molar-refractivity contribution in [2.24, 2.45) is 5.92 Å². The predicted molar refractivity (Wildman–Crippen MR) is 158 cm³/mol. The van der Waals surface area contributed by atoms with E-state index in [2.05, 4.69) is 19.2 Å². The molecule has 2 N–H and O–H groups in total. The highest BCUT2D eigenvalue weighted by molar-refractivity contribution is 7.92. The molecule has 1 aliphatic carbocycles. The number of hydrogen-bond acceptors (Lipinski definition) is 9. The van der Waals surface area contributed by atoms with E-state index in [4.69, 9.17) is 32.7 Å². The van der Waals surface area contributed by atoms with Crippen LogP contribution < -0.4 is 18.9 Å². The Morgan fingerprint density at radius 3 is 2.27 bits per heavy atom. The fourth-order valence-corrected chi connectivity index (χ4v) is 5.98. The average Bonchev–Trinajstić information content (AvgIpc) is 3.77. The number of alkyl halides is 2. The number of esters is 1. The van der Waals surface area contributed by atoms with Gasteiger partial charge in [-0.15, -0.1) is 0 Å². The van der Waals surface area contributed by atoms with E-state index in [0.29, 0.717) is 17.0 Å². The molecule has 1 fully saturated rings. The third-order valence-electron chi connectivity index (χ3n) is 6.22. The zero-order valence-electron chi connectivity index (χ0n) is 23.0. The van der Waals surface area contributed by atoms with Crippen molar-refractivity contribution in [3.8, 4) is 11.5 Å². The maximum Gasteiger partial charge on any atom is 0.387 e. The molecule has 0 saturated heterocycles. The summed E-state index contributed by atoms with van der Waals surface area (Å²) in [4.78, 5) is 16.6. The van der Waals surface area contributed by atoms with Crippen molar-refractivity contribution in [1.29, 1.82) is 0 Å². The van der Waals surface area contributed by atoms with Crippen molar-refractivity contribution in [3.05, 3.63) is 76.0 Å². The van der Waals surface area contributed by atoms with Crippen molar-refractivity contribution in [2.45, 2.75) is 36.9 Å². The van der Waals surface area contributed by atoms with Crippen LogP contribution in [0, 0.1) is 5.92 Å². The van der Waals surface area contributed by atoms with Gasteiger partial charge >= 0.3 is 12.6 Å². The molecule has 1 heterocycles. The van der Waals surface area contributed by atoms with E-state index in [9.17, 15) is 30.4 Å². The molecule has 17 heteroatoms. The maximum absolute atomic E-state index is 13.0. The molecule has 0 amide bonds. The number of pyridine rings is 1. The molecule has 4 rings (SSSR count). The van der Waals surface area contributed by atoms with Crippen molar-refractivity contribution < 1.29 is 44.6 Å². The van der Waals surface area contributed by atoms with Gasteiger partial charge in [0, 0.05) is 24.5 Å². The lowest BCUT2D eigenvalue weighted by molar-refractivity contribution is -0.148. The summed E-state index contributed by atoms with van der Waals surface area (Å²) in [6.45, 7) is -3.60. The molecule has 3 aromatic rings. The van der Waals surface area contributed by atoms with Gasteiger partial charge in [0.1, 0.15) is 12.6 Å². The molecule has 2 aromatic carbocycles. The van der Waals surface area contributed by atoms with Gasteiger partial charge in [0.15, 0.2) is 11.5 Å². The molecular formula is C27H27Cl2F2N3O8S2. The zero-order chi connectivity index (χ0) is 32.1. The molecule has 44 heavy (non-hydrogen) atoms. The topological polar surface area (TPSA) is 150 Å². The number of rotatable bonds is 15. The van der Waals surface area contributed by atoms with Crippen LogP contribution in [0.3, 0.4) is 0 Å². The monoisotopic (exact) mass is 693 g/mol. The molecule has 11 nitrogen and oxygen atoms in total. The Bertz CT molecular complexity index is 1690. The van der Waals surface area contributed by atoms with E-state index >= 15 is 0 Å². The van der Waals surface area contributed by atoms with Crippen molar-refractivity contribution in [3.63, 3.8) is 0 Å². The summed E-state index contributed by atoms with van der Waals surface area (Å²) in [7, 11) is -7.78. The lowest BCUT2D eigenvalue weighted by atomic mass is 10.0. The number of sulfonamides is 2. The Morgan fingerprint density at radius 2 is 1.68 bits per heavy atom. The normalized spacial score (nSPS) is 14.2. The quantitative estimate of drug-likeness (QED) is 0.211. The van der Waals surface area contributed by atoms with E-state index in [-0.39, 0.29) is 45.2 Å². The van der Waals surface area contributed by atoms with Crippen molar-refractivity contribution in [2.75, 3.05) is 24.1 Å². The fraction of sp³-hybridized carbons (Fsp3) is 0.333. The van der Waals surface area contributed by atoms with E-state index in [1.807, 2.05) is 0 Å². The molecule has 0 unspecified atom stereocenters. The number of aromatic nitrogens is 1. The summed E-state index contributed by atoms with van der Waals surface area (Å²) < 4.78 is 94.8. The van der Waals surface area contributed by atoms with Crippen LogP contribution in [0.25, 0.3) is 0 Å². The van der Waals surface area contributed by atoms with Gasteiger partial charge in [-0.2, -0.15) is 13.5 Å². The Labute approximate surface area is 262 Å². The van der Waals surface area contributed by atoms with Gasteiger partial charge in [-0.05, 0) is 66.3 Å². The van der Waals surface area contributed by atoms with Crippen LogP contribution in [0.5, 0.6) is 11.5 Å². The second kappa shape index (κ2) is 14.2. The van der Waals surface area contributed by atoms with Crippen LogP contribution in [-0.2, 0) is 36.0 Å². The standard InChI is InChI=1S/C27H27Cl2F2N3O8S2/c1-43(36,37)34-18-5-7-19(8-6-18)44(38,39)33-14-26(35)41-24(11-20-21(28)12-32-13-22(20)29)17-4-9-23(42-27(30)31)25(10-17)40-15-16-2-3-16/h4-10,12-13,16,24,27,33-34H,2-3,11,14-15H2,1H3/t24-/m0/s1. The van der Waals surface area contributed by atoms with E-state index in [1.54, 1.807) is 0 Å². The first kappa shape index (κ1) is 33.6. The number of hydrogen-bond donors (Lipinski definition) is 2. The number of benzene rings is 2. The van der Waals surface area contributed by atoms with Crippen LogP contribution in [-0.4, -0.2) is 53.8 Å². The first-order valence-electron chi connectivity index (χ1n) is 13.0. The highest BCUT2D eigenvalue weighted by Crippen LogP contribution is 2.38. The van der Waals surface area contributed by atoms with Crippen LogP contribution >= 0.6 is 23.2 Å². The largest absolute Gasteiger partial charge is 0.489 e. The number of nitrogens with zero attached hydrogens (tertiary/aromatic N) is 1. The van der Waals surface area contributed by atoms with Crippen LogP contribution in [0.2, 0.25) is 10.0 Å². The Balaban J connectivity index is 1.54. The summed E-state index contributed by atoms with van der Waals surface area (Å²) in [6, 6.07) is 8.86. The summed E-state index contributed by atoms with van der Waals surface area (Å²) in [5.74, 6) is -0.887. The Hall–Kier alpha value is -3.24. The molecule has 238 valence electrons. The minimum Gasteiger partial charge on any atom is -0.489 e. The van der Waals surface area contributed by atoms with Crippen LogP contribution in [0.4, 0.5) is 14.5 Å². The van der Waals surface area contributed by atoms with Crippen molar-refractivity contribution in [1.82, 2.24) is 9.71 Å². The molecule has 1 atom stereocenters. The summed E-state index contributed by atoms with van der Waals surface area (Å²) in [5, 5.41) is 0.354. The number of anilines is 1. The Morgan fingerprint density at radius 1 is 1.02 bits per heavy atom. The molecular weight excluding hydrogens is 667 g/mol. The van der Waals surface area contributed by atoms with Gasteiger partial charge in [0.25, 0.3) is 0 Å². The second-order valence-electron chi connectivity index (χ2n) is 9.83. The Kier molecular flexibility index (Phi) is 10.9. The van der Waals surface area contributed by atoms with Crippen LogP contribution in [0.15, 0.2) is 59.8 Å². The van der Waals surface area contributed by atoms with E-state index in [0.717, 1.165) is 31.2 Å². The van der Waals surface area contributed by atoms with Gasteiger partial charge in [0.2, 0.25) is 20.0 Å². The third kappa shape index (κ3) is 9.89. The van der Waals surface area contributed by atoms with E-state index in [1.165, 1.54) is 42.7 Å². The van der Waals surface area contributed by atoms with E-state index < -0.39 is 45.3 Å². The molecule has 0 spiro atoms. The molecule has 1 aromatic heterocycles. The first-order chi connectivity index (χ1) is 20.7. The molecule has 0 radical (unpaired) electrons. The molecule has 1 saturated carbocycles. The lowest BCUT2D eigenvalue weighted by Crippen LogP contribution is -2.31. The number of carbonyl (C=O) groups is 1. The van der Waals surface area contributed by atoms with Crippen molar-refractivity contribution >= 4 is 54.9 Å². The number of carbonyl (C=O) groups excluding carboxylic acids is 1. The molecule has 1 aliphatic rings. The van der Waals surface area contributed by atoms with Gasteiger partial charge in [-0.3, -0.25) is 14.5 Å². The average molecular weight is 695 g/mol. The predicted octanol–water partition coefficient (Wildman–Crippen LogP) is 4.96. The number of nitrogens with one attached hydrogen (secondary N) is 2.